The Morgan fingerprint density at radius 1 is 1.40 bits per heavy atom. The summed E-state index contributed by atoms with van der Waals surface area (Å²) in [4.78, 5) is 15.3. The van der Waals surface area contributed by atoms with Crippen molar-refractivity contribution in [1.29, 1.82) is 0 Å². The highest BCUT2D eigenvalue weighted by Crippen LogP contribution is 2.23. The third-order valence-electron chi connectivity index (χ3n) is 2.47. The lowest BCUT2D eigenvalue weighted by molar-refractivity contribution is 0.112. The van der Waals surface area contributed by atoms with Gasteiger partial charge in [0.25, 0.3) is 0 Å². The molecular weight excluding hydrogens is 250 g/mol. The van der Waals surface area contributed by atoms with Crippen molar-refractivity contribution in [2.24, 2.45) is 4.99 Å². The first-order valence-electron chi connectivity index (χ1n) is 6.26. The van der Waals surface area contributed by atoms with Crippen LogP contribution in [0.4, 0.5) is 11.4 Å². The number of aldehydes is 1. The van der Waals surface area contributed by atoms with Crippen molar-refractivity contribution >= 4 is 24.0 Å². The van der Waals surface area contributed by atoms with Crippen molar-refractivity contribution in [3.8, 4) is 0 Å². The summed E-state index contributed by atoms with van der Waals surface area (Å²) in [5, 5.41) is 5.99. The molecule has 0 heterocycles. The molecule has 104 valence electrons. The van der Waals surface area contributed by atoms with Crippen molar-refractivity contribution in [1.82, 2.24) is 5.32 Å². The Morgan fingerprint density at radius 3 is 2.80 bits per heavy atom. The summed E-state index contributed by atoms with van der Waals surface area (Å²) >= 11 is 0. The van der Waals surface area contributed by atoms with E-state index in [2.05, 4.69) is 22.2 Å². The average molecular weight is 269 g/mol. The van der Waals surface area contributed by atoms with Crippen molar-refractivity contribution in [2.75, 3.05) is 12.4 Å². The first-order valence-corrected chi connectivity index (χ1v) is 6.26. The van der Waals surface area contributed by atoms with E-state index in [0.29, 0.717) is 11.3 Å². The van der Waals surface area contributed by atoms with Gasteiger partial charge in [0.15, 0.2) is 6.29 Å². The van der Waals surface area contributed by atoms with Gasteiger partial charge < -0.3 is 10.6 Å². The maximum absolute atomic E-state index is 11.1. The predicted octanol–water partition coefficient (Wildman–Crippen LogP) is 3.44. The molecule has 0 amide bonds. The molecule has 1 aromatic rings. The maximum atomic E-state index is 11.1. The van der Waals surface area contributed by atoms with Gasteiger partial charge in [0.05, 0.1) is 17.7 Å². The topological polar surface area (TPSA) is 53.5 Å². The minimum atomic E-state index is 0.571. The second kappa shape index (κ2) is 8.48. The zero-order valence-electron chi connectivity index (χ0n) is 11.8. The van der Waals surface area contributed by atoms with Crippen molar-refractivity contribution in [3.05, 3.63) is 60.3 Å². The summed E-state index contributed by atoms with van der Waals surface area (Å²) in [5.74, 6) is 0. The van der Waals surface area contributed by atoms with E-state index < -0.39 is 0 Å². The Labute approximate surface area is 119 Å². The zero-order chi connectivity index (χ0) is 14.8. The predicted molar refractivity (Wildman–Crippen MR) is 85.8 cm³/mol. The van der Waals surface area contributed by atoms with Crippen LogP contribution < -0.4 is 10.6 Å². The lowest BCUT2D eigenvalue weighted by atomic mass is 10.1. The van der Waals surface area contributed by atoms with Crippen LogP contribution in [0.2, 0.25) is 0 Å². The minimum absolute atomic E-state index is 0.571. The first kappa shape index (κ1) is 15.4. The Morgan fingerprint density at radius 2 is 2.20 bits per heavy atom. The Balaban J connectivity index is 3.10. The number of nitrogens with zero attached hydrogens (tertiary/aromatic N) is 1. The highest BCUT2D eigenvalue weighted by atomic mass is 16.1. The van der Waals surface area contributed by atoms with E-state index in [0.717, 1.165) is 17.7 Å². The van der Waals surface area contributed by atoms with E-state index in [1.807, 2.05) is 31.2 Å². The van der Waals surface area contributed by atoms with E-state index in [1.54, 1.807) is 31.6 Å². The number of allylic oxidation sites excluding steroid dienone is 4. The number of anilines is 1. The van der Waals surface area contributed by atoms with Crippen LogP contribution in [0.5, 0.6) is 0 Å². The summed E-state index contributed by atoms with van der Waals surface area (Å²) in [7, 11) is 1.78. The maximum Gasteiger partial charge on any atom is 0.152 e. The van der Waals surface area contributed by atoms with Crippen LogP contribution in [0.1, 0.15) is 17.3 Å². The van der Waals surface area contributed by atoms with E-state index in [9.17, 15) is 4.79 Å². The van der Waals surface area contributed by atoms with Crippen molar-refractivity contribution in [3.63, 3.8) is 0 Å². The number of carbonyl (C=O) groups excluding carboxylic acids is 1. The molecule has 0 spiro atoms. The molecule has 4 heteroatoms. The Kier molecular flexibility index (Phi) is 6.54. The lowest BCUT2D eigenvalue weighted by Crippen LogP contribution is -2.01. The second-order valence-corrected chi connectivity index (χ2v) is 3.91. The highest BCUT2D eigenvalue weighted by Gasteiger charge is 2.03. The molecule has 4 nitrogen and oxygen atoms in total. The molecule has 0 radical (unpaired) electrons. The van der Waals surface area contributed by atoms with Crippen LogP contribution >= 0.6 is 0 Å². The lowest BCUT2D eigenvalue weighted by Gasteiger charge is -2.10. The smallest absolute Gasteiger partial charge is 0.152 e. The highest BCUT2D eigenvalue weighted by molar-refractivity contribution is 5.86. The normalized spacial score (nSPS) is 11.8. The second-order valence-electron chi connectivity index (χ2n) is 3.91. The molecule has 1 rings (SSSR count). The molecule has 0 unspecified atom stereocenters. The van der Waals surface area contributed by atoms with Crippen LogP contribution in [0.25, 0.3) is 0 Å². The average Bonchev–Trinajstić information content (AvgIpc) is 2.49. The summed E-state index contributed by atoms with van der Waals surface area (Å²) in [6, 6.07) is 5.32. The summed E-state index contributed by atoms with van der Waals surface area (Å²) < 4.78 is 0. The fourth-order valence-corrected chi connectivity index (χ4v) is 1.49. The minimum Gasteiger partial charge on any atom is -0.379 e. The van der Waals surface area contributed by atoms with Gasteiger partial charge in [-0.05, 0) is 37.3 Å². The van der Waals surface area contributed by atoms with Crippen LogP contribution in [0, 0.1) is 0 Å². The van der Waals surface area contributed by atoms with Crippen LogP contribution in [-0.2, 0) is 0 Å². The van der Waals surface area contributed by atoms with Gasteiger partial charge in [-0.25, -0.2) is 4.99 Å². The first-order chi connectivity index (χ1) is 9.74. The van der Waals surface area contributed by atoms with Crippen LogP contribution in [0.15, 0.2) is 59.8 Å². The number of rotatable bonds is 7. The summed E-state index contributed by atoms with van der Waals surface area (Å²) in [6.07, 6.45) is 9.78. The monoisotopic (exact) mass is 269 g/mol. The molecule has 0 fully saturated rings. The van der Waals surface area contributed by atoms with Gasteiger partial charge in [-0.2, -0.15) is 0 Å². The SMILES string of the molecule is C=C/C(=C\C=C/C)Nc1cc(/N=C\NC)ccc1C=O. The number of carbonyl (C=O) groups is 1. The third-order valence-corrected chi connectivity index (χ3v) is 2.47. The number of hydrogen-bond donors (Lipinski definition) is 2. The summed E-state index contributed by atoms with van der Waals surface area (Å²) in [5.41, 5.74) is 2.82. The molecule has 0 aliphatic heterocycles. The fourth-order valence-electron chi connectivity index (χ4n) is 1.49. The third kappa shape index (κ3) is 4.57. The molecule has 0 aromatic heterocycles. The molecule has 0 atom stereocenters. The van der Waals surface area contributed by atoms with E-state index in [-0.39, 0.29) is 0 Å². The molecule has 0 bridgehead atoms. The van der Waals surface area contributed by atoms with E-state index in [1.165, 1.54) is 0 Å². The number of aliphatic imine (C=N–C) groups is 1. The number of nitrogens with one attached hydrogen (secondary N) is 2. The van der Waals surface area contributed by atoms with Gasteiger partial charge in [-0.15, -0.1) is 0 Å². The van der Waals surface area contributed by atoms with Gasteiger partial charge in [0, 0.05) is 18.3 Å². The van der Waals surface area contributed by atoms with Gasteiger partial charge in [0.1, 0.15) is 0 Å². The molecule has 0 aliphatic rings. The molecule has 0 saturated carbocycles. The van der Waals surface area contributed by atoms with Gasteiger partial charge in [-0.3, -0.25) is 4.79 Å². The van der Waals surface area contributed by atoms with Crippen LogP contribution in [0.3, 0.4) is 0 Å². The standard InChI is InChI=1S/C16H19N3O/c1-4-6-7-14(5-2)19-16-10-15(18-12-17-3)9-8-13(16)11-20/h4-12,19H,2H2,1,3H3,(H,17,18)/b6-4-,14-7+. The van der Waals surface area contributed by atoms with E-state index in [4.69, 9.17) is 0 Å². The fraction of sp³-hybridized carbons (Fsp3) is 0.125. The van der Waals surface area contributed by atoms with Gasteiger partial charge >= 0.3 is 0 Å². The number of benzene rings is 1. The van der Waals surface area contributed by atoms with Gasteiger partial charge in [0.2, 0.25) is 0 Å². The Bertz CT molecular complexity index is 557. The Hall–Kier alpha value is -2.62. The molecule has 2 N–H and O–H groups in total. The van der Waals surface area contributed by atoms with E-state index >= 15 is 0 Å². The van der Waals surface area contributed by atoms with Gasteiger partial charge in [-0.1, -0.05) is 18.7 Å². The molecular formula is C16H19N3O. The largest absolute Gasteiger partial charge is 0.379 e. The zero-order valence-corrected chi connectivity index (χ0v) is 11.8. The molecule has 0 aliphatic carbocycles. The molecule has 0 saturated heterocycles. The quantitative estimate of drug-likeness (QED) is 0.345. The summed E-state index contributed by atoms with van der Waals surface area (Å²) in [6.45, 7) is 5.68. The van der Waals surface area contributed by atoms with Crippen molar-refractivity contribution < 1.29 is 4.79 Å². The van der Waals surface area contributed by atoms with Crippen LogP contribution in [-0.4, -0.2) is 19.7 Å². The number of hydrogen-bond acceptors (Lipinski definition) is 3. The van der Waals surface area contributed by atoms with Crippen molar-refractivity contribution in [2.45, 2.75) is 6.92 Å². The molecule has 1 aromatic carbocycles. The molecule has 20 heavy (non-hydrogen) atoms.